The summed E-state index contributed by atoms with van der Waals surface area (Å²) in [4.78, 5) is 25.5. The van der Waals surface area contributed by atoms with Crippen LogP contribution in [0.1, 0.15) is 5.56 Å². The van der Waals surface area contributed by atoms with Crippen LogP contribution in [0.2, 0.25) is 0 Å². The normalized spacial score (nSPS) is 9.71. The monoisotopic (exact) mass is 240 g/mol. The molecule has 0 bridgehead atoms. The molecular formula is C10H12N2O5. The van der Waals surface area contributed by atoms with Gasteiger partial charge in [-0.2, -0.15) is 0 Å². The lowest BCUT2D eigenvalue weighted by Gasteiger charge is -2.08. The molecule has 1 rings (SSSR count). The van der Waals surface area contributed by atoms with Crippen LogP contribution in [-0.2, 0) is 16.2 Å². The average Bonchev–Trinajstić information content (AvgIpc) is 2.28. The van der Waals surface area contributed by atoms with E-state index in [-0.39, 0.29) is 18.9 Å². The molecule has 92 valence electrons. The fourth-order valence-electron chi connectivity index (χ4n) is 1.15. The van der Waals surface area contributed by atoms with Gasteiger partial charge in [-0.1, -0.05) is 18.2 Å². The second-order valence-corrected chi connectivity index (χ2v) is 3.11. The highest BCUT2D eigenvalue weighted by atomic mass is 16.9. The van der Waals surface area contributed by atoms with Crippen LogP contribution < -0.4 is 10.1 Å². The van der Waals surface area contributed by atoms with Gasteiger partial charge >= 0.3 is 5.97 Å². The van der Waals surface area contributed by atoms with Crippen LogP contribution in [0.3, 0.4) is 0 Å². The van der Waals surface area contributed by atoms with Gasteiger partial charge in [-0.05, 0) is 13.1 Å². The molecule has 17 heavy (non-hydrogen) atoms. The Morgan fingerprint density at radius 2 is 2.18 bits per heavy atom. The van der Waals surface area contributed by atoms with Gasteiger partial charge in [0.15, 0.2) is 0 Å². The number of nitrogens with zero attached hydrogens (tertiary/aromatic N) is 1. The van der Waals surface area contributed by atoms with Gasteiger partial charge in [0.05, 0.1) is 6.54 Å². The maximum absolute atomic E-state index is 11.2. The van der Waals surface area contributed by atoms with Crippen molar-refractivity contribution < 1.29 is 19.5 Å². The van der Waals surface area contributed by atoms with Crippen LogP contribution in [0.15, 0.2) is 24.3 Å². The molecule has 0 saturated heterocycles. The molecule has 0 unspecified atom stereocenters. The molecule has 0 heterocycles. The molecule has 0 radical (unpaired) electrons. The molecule has 0 atom stereocenters. The largest absolute Gasteiger partial charge is 0.425 e. The third-order valence-corrected chi connectivity index (χ3v) is 1.84. The predicted molar refractivity (Wildman–Crippen MR) is 57.8 cm³/mol. The van der Waals surface area contributed by atoms with Crippen molar-refractivity contribution in [2.45, 2.75) is 6.61 Å². The van der Waals surface area contributed by atoms with E-state index in [0.717, 1.165) is 0 Å². The van der Waals surface area contributed by atoms with Gasteiger partial charge in [-0.25, -0.2) is 0 Å². The molecular weight excluding hydrogens is 228 g/mol. The van der Waals surface area contributed by atoms with Crippen molar-refractivity contribution in [3.8, 4) is 5.75 Å². The van der Waals surface area contributed by atoms with Crippen LogP contribution in [0.4, 0.5) is 0 Å². The first-order valence-electron chi connectivity index (χ1n) is 4.84. The molecule has 0 amide bonds. The van der Waals surface area contributed by atoms with E-state index in [1.807, 2.05) is 0 Å². The summed E-state index contributed by atoms with van der Waals surface area (Å²) in [5.74, 6) is -0.212. The molecule has 1 N–H and O–H groups in total. The summed E-state index contributed by atoms with van der Waals surface area (Å²) in [6, 6.07) is 6.48. The lowest BCUT2D eigenvalue weighted by atomic mass is 10.2. The Hall–Kier alpha value is -2.15. The fourth-order valence-corrected chi connectivity index (χ4v) is 1.15. The van der Waals surface area contributed by atoms with E-state index in [1.165, 1.54) is 0 Å². The molecule has 7 heteroatoms. The van der Waals surface area contributed by atoms with Gasteiger partial charge in [0, 0.05) is 5.56 Å². The summed E-state index contributed by atoms with van der Waals surface area (Å²) >= 11 is 0. The van der Waals surface area contributed by atoms with Crippen LogP contribution in [-0.4, -0.2) is 24.6 Å². The second-order valence-electron chi connectivity index (χ2n) is 3.11. The standard InChI is InChI=1S/C10H12N2O5/c1-11-6-10(13)17-9-5-3-2-4-8(9)7-16-12(14)15/h2-5,11H,6-7H2,1H3. The van der Waals surface area contributed by atoms with Crippen molar-refractivity contribution in [3.05, 3.63) is 39.9 Å². The summed E-state index contributed by atoms with van der Waals surface area (Å²) in [6.45, 7) is -0.194. The summed E-state index contributed by atoms with van der Waals surface area (Å²) in [6.07, 6.45) is 0. The Morgan fingerprint density at radius 3 is 2.82 bits per heavy atom. The number of hydrogen-bond acceptors (Lipinski definition) is 6. The minimum absolute atomic E-state index is 0.0599. The Balaban J connectivity index is 2.70. The molecule has 0 aliphatic rings. The third kappa shape index (κ3) is 4.47. The van der Waals surface area contributed by atoms with Crippen LogP contribution in [0.5, 0.6) is 5.75 Å². The molecule has 0 aromatic heterocycles. The molecule has 0 saturated carbocycles. The van der Waals surface area contributed by atoms with E-state index >= 15 is 0 Å². The van der Waals surface area contributed by atoms with Gasteiger partial charge in [0.25, 0.3) is 5.09 Å². The SMILES string of the molecule is CNCC(=O)Oc1ccccc1CO[N+](=O)[O-]. The summed E-state index contributed by atoms with van der Waals surface area (Å²) < 4.78 is 5.01. The second kappa shape index (κ2) is 6.44. The zero-order chi connectivity index (χ0) is 12.7. The average molecular weight is 240 g/mol. The van der Waals surface area contributed by atoms with E-state index < -0.39 is 11.1 Å². The smallest absolute Gasteiger partial charge is 0.325 e. The molecule has 0 aliphatic heterocycles. The van der Waals surface area contributed by atoms with E-state index in [0.29, 0.717) is 5.56 Å². The van der Waals surface area contributed by atoms with Crippen LogP contribution in [0.25, 0.3) is 0 Å². The molecule has 0 fully saturated rings. The number of ether oxygens (including phenoxy) is 1. The number of esters is 1. The Bertz CT molecular complexity index is 407. The Kier molecular flexibility index (Phi) is 4.89. The third-order valence-electron chi connectivity index (χ3n) is 1.84. The molecule has 0 aliphatic carbocycles. The van der Waals surface area contributed by atoms with Crippen LogP contribution in [0, 0.1) is 10.1 Å². The van der Waals surface area contributed by atoms with Crippen molar-refractivity contribution in [1.82, 2.24) is 5.32 Å². The number of rotatable bonds is 6. The number of likely N-dealkylation sites (N-methyl/N-ethyl adjacent to an activating group) is 1. The highest BCUT2D eigenvalue weighted by Gasteiger charge is 2.09. The number of carbonyl (C=O) groups is 1. The highest BCUT2D eigenvalue weighted by Crippen LogP contribution is 2.18. The Morgan fingerprint density at radius 1 is 1.47 bits per heavy atom. The highest BCUT2D eigenvalue weighted by molar-refractivity contribution is 5.74. The van der Waals surface area contributed by atoms with E-state index in [2.05, 4.69) is 10.2 Å². The first kappa shape index (κ1) is 12.9. The number of benzene rings is 1. The van der Waals surface area contributed by atoms with Crippen molar-refractivity contribution in [2.24, 2.45) is 0 Å². The summed E-state index contributed by atoms with van der Waals surface area (Å²) in [5, 5.41) is 11.8. The van der Waals surface area contributed by atoms with Crippen molar-refractivity contribution >= 4 is 5.97 Å². The first-order chi connectivity index (χ1) is 8.13. The number of nitrogens with one attached hydrogen (secondary N) is 1. The quantitative estimate of drug-likeness (QED) is 0.337. The van der Waals surface area contributed by atoms with Gasteiger partial charge in [-0.15, -0.1) is 10.1 Å². The van der Waals surface area contributed by atoms with Gasteiger partial charge < -0.3 is 14.9 Å². The minimum atomic E-state index is -0.897. The summed E-state index contributed by atoms with van der Waals surface area (Å²) in [5.41, 5.74) is 0.439. The Labute approximate surface area is 97.4 Å². The molecule has 1 aromatic rings. The van der Waals surface area contributed by atoms with Gasteiger partial charge in [0.2, 0.25) is 0 Å². The van der Waals surface area contributed by atoms with Gasteiger partial charge in [0.1, 0.15) is 12.4 Å². The van der Waals surface area contributed by atoms with Crippen molar-refractivity contribution in [2.75, 3.05) is 13.6 Å². The first-order valence-corrected chi connectivity index (χ1v) is 4.84. The van der Waals surface area contributed by atoms with Gasteiger partial charge in [-0.3, -0.25) is 4.79 Å². The van der Waals surface area contributed by atoms with E-state index in [4.69, 9.17) is 4.74 Å². The van der Waals surface area contributed by atoms with Crippen LogP contribution >= 0.6 is 0 Å². The van der Waals surface area contributed by atoms with E-state index in [9.17, 15) is 14.9 Å². The predicted octanol–water partition coefficient (Wildman–Crippen LogP) is 0.520. The number of carbonyl (C=O) groups excluding carboxylic acids is 1. The van der Waals surface area contributed by atoms with E-state index in [1.54, 1.807) is 31.3 Å². The zero-order valence-electron chi connectivity index (χ0n) is 9.21. The topological polar surface area (TPSA) is 90.7 Å². The maximum Gasteiger partial charge on any atom is 0.325 e. The maximum atomic E-state index is 11.2. The number of para-hydroxylation sites is 1. The minimum Gasteiger partial charge on any atom is -0.425 e. The lowest BCUT2D eigenvalue weighted by molar-refractivity contribution is -0.763. The van der Waals surface area contributed by atoms with Crippen molar-refractivity contribution in [3.63, 3.8) is 0 Å². The summed E-state index contributed by atoms with van der Waals surface area (Å²) in [7, 11) is 1.61. The lowest BCUT2D eigenvalue weighted by Crippen LogP contribution is -2.23. The molecule has 1 aromatic carbocycles. The number of hydrogen-bond donors (Lipinski definition) is 1. The zero-order valence-corrected chi connectivity index (χ0v) is 9.21. The fraction of sp³-hybridized carbons (Fsp3) is 0.300. The molecule has 0 spiro atoms. The molecule has 7 nitrogen and oxygen atoms in total. The van der Waals surface area contributed by atoms with Crippen molar-refractivity contribution in [1.29, 1.82) is 0 Å².